The number of anilines is 1. The molecule has 14 heavy (non-hydrogen) atoms. The van der Waals surface area contributed by atoms with E-state index in [2.05, 4.69) is 14.9 Å². The monoisotopic (exact) mass is 191 g/mol. The molecule has 4 heteroatoms. The summed E-state index contributed by atoms with van der Waals surface area (Å²) in [6, 6.07) is 0. The Morgan fingerprint density at radius 3 is 2.50 bits per heavy atom. The fourth-order valence-corrected chi connectivity index (χ4v) is 1.53. The van der Waals surface area contributed by atoms with Gasteiger partial charge in [-0.2, -0.15) is 0 Å². The number of rotatable bonds is 1. The van der Waals surface area contributed by atoms with E-state index in [0.717, 1.165) is 24.6 Å². The van der Waals surface area contributed by atoms with Gasteiger partial charge < -0.3 is 4.90 Å². The predicted octanol–water partition coefficient (Wildman–Crippen LogP) is 0.954. The van der Waals surface area contributed by atoms with Crippen LogP contribution in [0.15, 0.2) is 12.4 Å². The van der Waals surface area contributed by atoms with Gasteiger partial charge in [0.1, 0.15) is 11.6 Å². The highest BCUT2D eigenvalue weighted by atomic mass is 16.1. The number of Topliss-reactive ketones (excluding diaryl/α,β-unsaturated/α-hetero) is 1. The van der Waals surface area contributed by atoms with Gasteiger partial charge in [0.05, 0.1) is 18.1 Å². The number of piperidine rings is 1. The highest BCUT2D eigenvalue weighted by Crippen LogP contribution is 2.14. The Kier molecular flexibility index (Phi) is 2.43. The van der Waals surface area contributed by atoms with Crippen LogP contribution >= 0.6 is 0 Å². The summed E-state index contributed by atoms with van der Waals surface area (Å²) in [6.45, 7) is 3.46. The molecular weight excluding hydrogens is 178 g/mol. The van der Waals surface area contributed by atoms with Crippen molar-refractivity contribution in [2.45, 2.75) is 19.8 Å². The van der Waals surface area contributed by atoms with Crippen molar-refractivity contribution in [3.05, 3.63) is 18.1 Å². The first-order valence-electron chi connectivity index (χ1n) is 4.81. The van der Waals surface area contributed by atoms with E-state index in [4.69, 9.17) is 0 Å². The van der Waals surface area contributed by atoms with Crippen LogP contribution in [0.25, 0.3) is 0 Å². The van der Waals surface area contributed by atoms with E-state index in [1.165, 1.54) is 0 Å². The van der Waals surface area contributed by atoms with Crippen LogP contribution < -0.4 is 4.90 Å². The van der Waals surface area contributed by atoms with Gasteiger partial charge in [0, 0.05) is 25.9 Å². The van der Waals surface area contributed by atoms with E-state index in [9.17, 15) is 4.79 Å². The van der Waals surface area contributed by atoms with Crippen molar-refractivity contribution in [1.29, 1.82) is 0 Å². The highest BCUT2D eigenvalue weighted by molar-refractivity contribution is 5.80. The molecule has 1 saturated heterocycles. The molecule has 0 unspecified atom stereocenters. The molecule has 0 radical (unpaired) electrons. The zero-order chi connectivity index (χ0) is 9.97. The summed E-state index contributed by atoms with van der Waals surface area (Å²) in [5.74, 6) is 1.23. The Bertz CT molecular complexity index is 324. The number of aryl methyl sites for hydroxylation is 1. The third-order valence-electron chi connectivity index (χ3n) is 2.41. The molecule has 74 valence electrons. The normalized spacial score (nSPS) is 17.2. The van der Waals surface area contributed by atoms with Gasteiger partial charge in [-0.3, -0.25) is 9.78 Å². The van der Waals surface area contributed by atoms with Gasteiger partial charge in [0.15, 0.2) is 0 Å². The summed E-state index contributed by atoms with van der Waals surface area (Å²) >= 11 is 0. The number of hydrogen-bond acceptors (Lipinski definition) is 4. The van der Waals surface area contributed by atoms with Crippen LogP contribution in [0.2, 0.25) is 0 Å². The molecule has 0 amide bonds. The molecule has 0 aliphatic carbocycles. The highest BCUT2D eigenvalue weighted by Gasteiger charge is 2.17. The molecule has 0 bridgehead atoms. The number of hydrogen-bond donors (Lipinski definition) is 0. The molecule has 0 saturated carbocycles. The number of nitrogens with zero attached hydrogens (tertiary/aromatic N) is 3. The molecule has 2 heterocycles. The summed E-state index contributed by atoms with van der Waals surface area (Å²) in [5, 5.41) is 0. The average Bonchev–Trinajstić information content (AvgIpc) is 2.21. The summed E-state index contributed by atoms with van der Waals surface area (Å²) in [6.07, 6.45) is 4.79. The minimum atomic E-state index is 0.348. The van der Waals surface area contributed by atoms with Crippen LogP contribution in [-0.4, -0.2) is 28.8 Å². The Morgan fingerprint density at radius 1 is 1.21 bits per heavy atom. The molecule has 1 fully saturated rings. The molecule has 0 aromatic carbocycles. The molecule has 1 aromatic rings. The van der Waals surface area contributed by atoms with Crippen LogP contribution in [0.5, 0.6) is 0 Å². The Hall–Kier alpha value is -1.45. The quantitative estimate of drug-likeness (QED) is 0.663. The SMILES string of the molecule is Cc1cnc(N2CCC(=O)CC2)cn1. The first-order chi connectivity index (χ1) is 6.75. The zero-order valence-electron chi connectivity index (χ0n) is 8.23. The predicted molar refractivity (Wildman–Crippen MR) is 53.2 cm³/mol. The Labute approximate surface area is 83.0 Å². The fraction of sp³-hybridized carbons (Fsp3) is 0.500. The van der Waals surface area contributed by atoms with Crippen molar-refractivity contribution in [3.8, 4) is 0 Å². The van der Waals surface area contributed by atoms with Gasteiger partial charge in [-0.1, -0.05) is 0 Å². The van der Waals surface area contributed by atoms with Crippen LogP contribution in [0.4, 0.5) is 5.82 Å². The van der Waals surface area contributed by atoms with E-state index < -0.39 is 0 Å². The topological polar surface area (TPSA) is 46.1 Å². The van der Waals surface area contributed by atoms with E-state index in [-0.39, 0.29) is 0 Å². The van der Waals surface area contributed by atoms with Gasteiger partial charge >= 0.3 is 0 Å². The van der Waals surface area contributed by atoms with Gasteiger partial charge in [-0.15, -0.1) is 0 Å². The standard InChI is InChI=1S/C10H13N3O/c1-8-6-12-10(7-11-8)13-4-2-9(14)3-5-13/h6-7H,2-5H2,1H3. The Balaban J connectivity index is 2.08. The van der Waals surface area contributed by atoms with Crippen molar-refractivity contribution in [2.24, 2.45) is 0 Å². The molecule has 2 rings (SSSR count). The summed E-state index contributed by atoms with van der Waals surface area (Å²) < 4.78 is 0. The van der Waals surface area contributed by atoms with Gasteiger partial charge in [-0.25, -0.2) is 4.98 Å². The second kappa shape index (κ2) is 3.74. The van der Waals surface area contributed by atoms with Gasteiger partial charge in [0.2, 0.25) is 0 Å². The van der Waals surface area contributed by atoms with Crippen LogP contribution in [0.1, 0.15) is 18.5 Å². The summed E-state index contributed by atoms with van der Waals surface area (Å²) in [5.41, 5.74) is 0.918. The lowest BCUT2D eigenvalue weighted by molar-refractivity contribution is -0.119. The lowest BCUT2D eigenvalue weighted by Crippen LogP contribution is -2.34. The molecule has 0 spiro atoms. The lowest BCUT2D eigenvalue weighted by atomic mass is 10.1. The minimum absolute atomic E-state index is 0.348. The van der Waals surface area contributed by atoms with E-state index in [1.807, 2.05) is 6.92 Å². The molecule has 4 nitrogen and oxygen atoms in total. The van der Waals surface area contributed by atoms with Crippen molar-refractivity contribution < 1.29 is 4.79 Å². The second-order valence-electron chi connectivity index (χ2n) is 3.54. The number of aromatic nitrogens is 2. The van der Waals surface area contributed by atoms with E-state index in [1.54, 1.807) is 12.4 Å². The maximum atomic E-state index is 11.0. The third kappa shape index (κ3) is 1.89. The number of ketones is 1. The minimum Gasteiger partial charge on any atom is -0.354 e. The van der Waals surface area contributed by atoms with Crippen molar-refractivity contribution in [3.63, 3.8) is 0 Å². The van der Waals surface area contributed by atoms with E-state index in [0.29, 0.717) is 18.6 Å². The molecule has 0 atom stereocenters. The van der Waals surface area contributed by atoms with Gasteiger partial charge in [0.25, 0.3) is 0 Å². The Morgan fingerprint density at radius 2 is 1.93 bits per heavy atom. The van der Waals surface area contributed by atoms with Crippen LogP contribution in [0.3, 0.4) is 0 Å². The smallest absolute Gasteiger partial charge is 0.147 e. The lowest BCUT2D eigenvalue weighted by Gasteiger charge is -2.26. The molecule has 1 aliphatic rings. The van der Waals surface area contributed by atoms with Crippen molar-refractivity contribution in [1.82, 2.24) is 9.97 Å². The maximum Gasteiger partial charge on any atom is 0.147 e. The van der Waals surface area contributed by atoms with Crippen LogP contribution in [0, 0.1) is 6.92 Å². The second-order valence-corrected chi connectivity index (χ2v) is 3.54. The molecule has 1 aliphatic heterocycles. The zero-order valence-corrected chi connectivity index (χ0v) is 8.23. The molecule has 1 aromatic heterocycles. The fourth-order valence-electron chi connectivity index (χ4n) is 1.53. The number of carbonyl (C=O) groups is 1. The first-order valence-corrected chi connectivity index (χ1v) is 4.81. The largest absolute Gasteiger partial charge is 0.354 e. The summed E-state index contributed by atoms with van der Waals surface area (Å²) in [4.78, 5) is 21.6. The molecule has 0 N–H and O–H groups in total. The van der Waals surface area contributed by atoms with E-state index >= 15 is 0 Å². The summed E-state index contributed by atoms with van der Waals surface area (Å²) in [7, 11) is 0. The van der Waals surface area contributed by atoms with Gasteiger partial charge in [-0.05, 0) is 6.92 Å². The van der Waals surface area contributed by atoms with Crippen molar-refractivity contribution >= 4 is 11.6 Å². The first kappa shape index (κ1) is 9.12. The maximum absolute atomic E-state index is 11.0. The van der Waals surface area contributed by atoms with Crippen LogP contribution in [-0.2, 0) is 4.79 Å². The van der Waals surface area contributed by atoms with Crippen molar-refractivity contribution in [2.75, 3.05) is 18.0 Å². The number of carbonyl (C=O) groups excluding carboxylic acids is 1. The average molecular weight is 191 g/mol. The third-order valence-corrected chi connectivity index (χ3v) is 2.41. The molecular formula is C10H13N3O.